The van der Waals surface area contributed by atoms with Crippen LogP contribution >= 0.6 is 0 Å². The molecule has 3 aromatic rings. The van der Waals surface area contributed by atoms with Crippen LogP contribution in [0.4, 0.5) is 10.1 Å². The Bertz CT molecular complexity index is 1120. The molecule has 7 heteroatoms. The molecule has 6 nitrogen and oxygen atoms in total. The number of carbonyl (C=O) groups is 1. The third kappa shape index (κ3) is 5.24. The summed E-state index contributed by atoms with van der Waals surface area (Å²) in [6.07, 6.45) is 0.0993. The monoisotopic (exact) mass is 435 g/mol. The topological polar surface area (TPSA) is 108 Å². The number of carboxylic acids is 1. The van der Waals surface area contributed by atoms with E-state index < -0.39 is 18.1 Å². The van der Waals surface area contributed by atoms with Crippen LogP contribution in [0.1, 0.15) is 48.2 Å². The molecule has 0 bridgehead atoms. The largest absolute Gasteiger partial charge is 0.486 e. The lowest BCUT2D eigenvalue weighted by molar-refractivity contribution is -0.138. The average molecular weight is 435 g/mol. The van der Waals surface area contributed by atoms with E-state index in [0.717, 1.165) is 12.0 Å². The van der Waals surface area contributed by atoms with Gasteiger partial charge in [0.25, 0.3) is 0 Å². The zero-order valence-corrected chi connectivity index (χ0v) is 17.9. The van der Waals surface area contributed by atoms with Crippen molar-refractivity contribution in [2.75, 3.05) is 5.32 Å². The highest BCUT2D eigenvalue weighted by Gasteiger charge is 2.25. The van der Waals surface area contributed by atoms with Crippen LogP contribution in [-0.4, -0.2) is 16.9 Å². The van der Waals surface area contributed by atoms with Crippen molar-refractivity contribution in [3.63, 3.8) is 0 Å². The smallest absolute Gasteiger partial charge is 0.330 e. The maximum Gasteiger partial charge on any atom is 0.330 e. The number of ether oxygens (including phenoxy) is 1. The second kappa shape index (κ2) is 9.96. The number of aliphatic carboxylic acids is 1. The van der Waals surface area contributed by atoms with E-state index >= 15 is 0 Å². The lowest BCUT2D eigenvalue weighted by Crippen LogP contribution is -2.22. The number of anilines is 1. The Balaban J connectivity index is 1.95. The minimum absolute atomic E-state index is 0.0696. The van der Waals surface area contributed by atoms with Gasteiger partial charge >= 0.3 is 5.97 Å². The first-order chi connectivity index (χ1) is 15.3. The fraction of sp³-hybridized carbons (Fsp3) is 0.200. The van der Waals surface area contributed by atoms with Gasteiger partial charge in [0.15, 0.2) is 6.04 Å². The minimum Gasteiger partial charge on any atom is -0.486 e. The van der Waals surface area contributed by atoms with Gasteiger partial charge in [-0.15, -0.1) is 0 Å². The molecule has 0 aliphatic heterocycles. The van der Waals surface area contributed by atoms with Gasteiger partial charge in [0.2, 0.25) is 0 Å². The molecule has 0 spiro atoms. The molecule has 0 saturated carbocycles. The third-order valence-corrected chi connectivity index (χ3v) is 5.19. The molecule has 0 aromatic heterocycles. The Morgan fingerprint density at radius 1 is 1.12 bits per heavy atom. The van der Waals surface area contributed by atoms with E-state index in [9.17, 15) is 14.3 Å². The van der Waals surface area contributed by atoms with Gasteiger partial charge in [-0.3, -0.25) is 5.41 Å². The van der Waals surface area contributed by atoms with Gasteiger partial charge in [0.1, 0.15) is 23.5 Å². The molecule has 0 fully saturated rings. The van der Waals surface area contributed by atoms with Crippen molar-refractivity contribution >= 4 is 17.5 Å². The Labute approximate surface area is 186 Å². The van der Waals surface area contributed by atoms with E-state index in [2.05, 4.69) is 5.32 Å². The van der Waals surface area contributed by atoms with Crippen molar-refractivity contribution in [2.45, 2.75) is 32.4 Å². The average Bonchev–Trinajstić information content (AvgIpc) is 2.78. The van der Waals surface area contributed by atoms with Crippen LogP contribution in [0.2, 0.25) is 0 Å². The van der Waals surface area contributed by atoms with Gasteiger partial charge in [-0.1, -0.05) is 31.2 Å². The second-order valence-corrected chi connectivity index (χ2v) is 7.41. The summed E-state index contributed by atoms with van der Waals surface area (Å²) in [6, 6.07) is 17.2. The molecule has 0 aliphatic rings. The van der Waals surface area contributed by atoms with Crippen molar-refractivity contribution in [1.82, 2.24) is 0 Å². The van der Waals surface area contributed by atoms with Crippen LogP contribution in [-0.2, 0) is 11.2 Å². The van der Waals surface area contributed by atoms with Crippen molar-refractivity contribution < 1.29 is 19.0 Å². The van der Waals surface area contributed by atoms with Crippen LogP contribution in [0.5, 0.6) is 5.75 Å². The second-order valence-electron chi connectivity index (χ2n) is 7.41. The van der Waals surface area contributed by atoms with Crippen LogP contribution in [0.25, 0.3) is 0 Å². The molecule has 32 heavy (non-hydrogen) atoms. The molecule has 0 radical (unpaired) electrons. The van der Waals surface area contributed by atoms with Crippen LogP contribution in [0.3, 0.4) is 0 Å². The minimum atomic E-state index is -1.10. The highest BCUT2D eigenvalue weighted by Crippen LogP contribution is 2.33. The zero-order valence-electron chi connectivity index (χ0n) is 17.9. The number of halogens is 1. The predicted octanol–water partition coefficient (Wildman–Crippen LogP) is 5.05. The van der Waals surface area contributed by atoms with E-state index in [1.165, 1.54) is 6.07 Å². The van der Waals surface area contributed by atoms with E-state index in [0.29, 0.717) is 28.1 Å². The molecule has 0 heterocycles. The first-order valence-corrected chi connectivity index (χ1v) is 10.3. The lowest BCUT2D eigenvalue weighted by Gasteiger charge is -2.23. The number of hydrogen-bond acceptors (Lipinski definition) is 4. The molecule has 5 N–H and O–H groups in total. The number of rotatable bonds is 9. The quantitative estimate of drug-likeness (QED) is 0.278. The van der Waals surface area contributed by atoms with Gasteiger partial charge in [0, 0.05) is 22.4 Å². The molecule has 0 amide bonds. The standard InChI is InChI=1S/C25H26FN3O3/c1-3-16-8-13-22(32-15(2)19-6-4-5-7-21(19)26)20(14-16)23(25(30)31)29-18-11-9-17(10-12-18)24(27)28/h4-15,23,29H,3H2,1-2H3,(H3,27,28)(H,30,31). The molecular formula is C25H26FN3O3. The summed E-state index contributed by atoms with van der Waals surface area (Å²) in [4.78, 5) is 12.2. The van der Waals surface area contributed by atoms with Crippen molar-refractivity contribution in [3.05, 3.63) is 94.8 Å². The SMILES string of the molecule is CCc1ccc(OC(C)c2ccccc2F)c(C(Nc2ccc(C(=N)N)cc2)C(=O)O)c1. The van der Waals surface area contributed by atoms with E-state index in [1.54, 1.807) is 61.5 Å². The first-order valence-electron chi connectivity index (χ1n) is 10.3. The van der Waals surface area contributed by atoms with E-state index in [-0.39, 0.29) is 11.7 Å². The van der Waals surface area contributed by atoms with E-state index in [1.807, 2.05) is 13.0 Å². The van der Waals surface area contributed by atoms with Gasteiger partial charge in [0.05, 0.1) is 0 Å². The molecule has 0 saturated heterocycles. The molecular weight excluding hydrogens is 409 g/mol. The summed E-state index contributed by atoms with van der Waals surface area (Å²) < 4.78 is 20.3. The Hall–Kier alpha value is -3.87. The van der Waals surface area contributed by atoms with Gasteiger partial charge in [-0.25, -0.2) is 9.18 Å². The summed E-state index contributed by atoms with van der Waals surface area (Å²) in [7, 11) is 0. The van der Waals surface area contributed by atoms with Crippen molar-refractivity contribution in [2.24, 2.45) is 5.73 Å². The highest BCUT2D eigenvalue weighted by atomic mass is 19.1. The van der Waals surface area contributed by atoms with Crippen molar-refractivity contribution in [1.29, 1.82) is 5.41 Å². The molecule has 166 valence electrons. The maximum atomic E-state index is 14.2. The van der Waals surface area contributed by atoms with Crippen molar-refractivity contribution in [3.8, 4) is 5.75 Å². The number of carboxylic acid groups (broad SMARTS) is 1. The van der Waals surface area contributed by atoms with Gasteiger partial charge in [-0.2, -0.15) is 0 Å². The molecule has 3 rings (SSSR count). The molecule has 0 aliphatic carbocycles. The number of nitrogens with two attached hydrogens (primary N) is 1. The fourth-order valence-corrected chi connectivity index (χ4v) is 3.39. The first kappa shape index (κ1) is 22.8. The van der Waals surface area contributed by atoms with Gasteiger partial charge < -0.3 is 20.9 Å². The molecule has 2 atom stereocenters. The Morgan fingerprint density at radius 2 is 1.81 bits per heavy atom. The van der Waals surface area contributed by atoms with Crippen LogP contribution < -0.4 is 15.8 Å². The zero-order chi connectivity index (χ0) is 23.3. The summed E-state index contributed by atoms with van der Waals surface area (Å²) >= 11 is 0. The summed E-state index contributed by atoms with van der Waals surface area (Å²) in [5.41, 5.74) is 8.36. The fourth-order valence-electron chi connectivity index (χ4n) is 3.39. The number of benzene rings is 3. The Morgan fingerprint density at radius 3 is 2.41 bits per heavy atom. The normalized spacial score (nSPS) is 12.6. The third-order valence-electron chi connectivity index (χ3n) is 5.19. The number of aryl methyl sites for hydroxylation is 1. The molecule has 2 unspecified atom stereocenters. The predicted molar refractivity (Wildman–Crippen MR) is 123 cm³/mol. The highest BCUT2D eigenvalue weighted by molar-refractivity contribution is 5.95. The molecule has 3 aromatic carbocycles. The number of nitrogens with one attached hydrogen (secondary N) is 2. The van der Waals surface area contributed by atoms with E-state index in [4.69, 9.17) is 15.9 Å². The summed E-state index contributed by atoms with van der Waals surface area (Å²) in [6.45, 7) is 3.70. The van der Waals surface area contributed by atoms with Gasteiger partial charge in [-0.05, 0) is 61.4 Å². The maximum absolute atomic E-state index is 14.2. The number of hydrogen-bond donors (Lipinski definition) is 4. The Kier molecular flexibility index (Phi) is 7.10. The summed E-state index contributed by atoms with van der Waals surface area (Å²) in [5, 5.41) is 20.5. The lowest BCUT2D eigenvalue weighted by atomic mass is 10.0. The summed E-state index contributed by atoms with van der Waals surface area (Å²) in [5.74, 6) is -1.18. The van der Waals surface area contributed by atoms with Crippen LogP contribution in [0.15, 0.2) is 66.7 Å². The number of amidine groups is 1. The number of nitrogen functional groups attached to an aromatic ring is 1. The van der Waals surface area contributed by atoms with Crippen LogP contribution in [0, 0.1) is 11.2 Å².